The molecule has 7 heteroatoms. The van der Waals surface area contributed by atoms with Crippen LogP contribution in [0.5, 0.6) is 0 Å². The normalized spacial score (nSPS) is 17.8. The summed E-state index contributed by atoms with van der Waals surface area (Å²) in [6.07, 6.45) is -1.54. The van der Waals surface area contributed by atoms with Crippen LogP contribution in [0.3, 0.4) is 0 Å². The molecule has 146 valence electrons. The maximum Gasteiger partial charge on any atom is 0.410 e. The zero-order valence-electron chi connectivity index (χ0n) is 15.8. The first kappa shape index (κ1) is 20.9. The van der Waals surface area contributed by atoms with Gasteiger partial charge in [0.15, 0.2) is 0 Å². The first-order chi connectivity index (χ1) is 12.2. The second kappa shape index (κ2) is 8.97. The van der Waals surface area contributed by atoms with Gasteiger partial charge in [-0.15, -0.1) is 0 Å². The lowest BCUT2D eigenvalue weighted by Crippen LogP contribution is -2.50. The molecule has 2 atom stereocenters. The topological polar surface area (TPSA) is 73.2 Å². The largest absolute Gasteiger partial charge is 0.444 e. The number of benzene rings is 1. The predicted molar refractivity (Wildman–Crippen MR) is 106 cm³/mol. The van der Waals surface area contributed by atoms with E-state index in [0.717, 1.165) is 18.8 Å². The number of ether oxygens (including phenoxy) is 1. The van der Waals surface area contributed by atoms with E-state index in [-0.39, 0.29) is 6.09 Å². The van der Waals surface area contributed by atoms with E-state index in [1.807, 2.05) is 45.0 Å². The summed E-state index contributed by atoms with van der Waals surface area (Å²) in [7, 11) is 0. The maximum atomic E-state index is 12.1. The first-order valence-corrected chi connectivity index (χ1v) is 9.64. The molecule has 1 aromatic rings. The van der Waals surface area contributed by atoms with Gasteiger partial charge in [0.2, 0.25) is 0 Å². The molecule has 6 nitrogen and oxygen atoms in total. The van der Waals surface area contributed by atoms with Gasteiger partial charge in [-0.05, 0) is 50.6 Å². The van der Waals surface area contributed by atoms with Crippen LogP contribution in [0.15, 0.2) is 24.3 Å². The molecule has 0 saturated carbocycles. The van der Waals surface area contributed by atoms with Crippen LogP contribution >= 0.6 is 12.6 Å². The monoisotopic (exact) mass is 382 g/mol. The molecule has 1 fully saturated rings. The van der Waals surface area contributed by atoms with Crippen molar-refractivity contribution in [3.05, 3.63) is 29.8 Å². The lowest BCUT2D eigenvalue weighted by Gasteiger charge is -2.36. The standard InChI is InChI=1S/C19H30N2O4S/c1-19(2,3)25-18(24)21-11-9-20(10-12-21)15-6-4-14(5-7-15)17(23)16(22)8-13-26/h4-7,16-17,22-23,26H,8-13H2,1-3H3. The molecule has 0 aliphatic carbocycles. The number of piperazine rings is 1. The molecule has 1 aliphatic rings. The summed E-state index contributed by atoms with van der Waals surface area (Å²) in [5, 5.41) is 20.0. The fourth-order valence-electron chi connectivity index (χ4n) is 2.87. The molecule has 1 amide bonds. The highest BCUT2D eigenvalue weighted by atomic mass is 32.1. The fourth-order valence-corrected chi connectivity index (χ4v) is 3.13. The summed E-state index contributed by atoms with van der Waals surface area (Å²) in [4.78, 5) is 16.0. The average molecular weight is 383 g/mol. The Morgan fingerprint density at radius 1 is 1.15 bits per heavy atom. The molecule has 0 radical (unpaired) electrons. The average Bonchev–Trinajstić information content (AvgIpc) is 2.60. The van der Waals surface area contributed by atoms with Crippen LogP contribution in [0.2, 0.25) is 0 Å². The molecule has 0 spiro atoms. The minimum absolute atomic E-state index is 0.270. The Morgan fingerprint density at radius 3 is 2.23 bits per heavy atom. The number of anilines is 1. The van der Waals surface area contributed by atoms with Crippen molar-refractivity contribution in [1.29, 1.82) is 0 Å². The van der Waals surface area contributed by atoms with Crippen molar-refractivity contribution in [2.75, 3.05) is 36.8 Å². The summed E-state index contributed by atoms with van der Waals surface area (Å²) in [5.74, 6) is 0.526. The molecule has 2 unspecified atom stereocenters. The molecule has 1 saturated heterocycles. The van der Waals surface area contributed by atoms with E-state index in [0.29, 0.717) is 30.8 Å². The Balaban J connectivity index is 1.90. The number of amides is 1. The van der Waals surface area contributed by atoms with Gasteiger partial charge in [-0.1, -0.05) is 12.1 Å². The van der Waals surface area contributed by atoms with E-state index in [2.05, 4.69) is 17.5 Å². The second-order valence-corrected chi connectivity index (χ2v) is 8.02. The fraction of sp³-hybridized carbons (Fsp3) is 0.632. The quantitative estimate of drug-likeness (QED) is 0.682. The summed E-state index contributed by atoms with van der Waals surface area (Å²) < 4.78 is 5.41. The third-order valence-corrected chi connectivity index (χ3v) is 4.58. The Kier molecular flexibility index (Phi) is 7.20. The van der Waals surface area contributed by atoms with Crippen LogP contribution < -0.4 is 4.90 Å². The Bertz CT molecular complexity index is 580. The maximum absolute atomic E-state index is 12.1. The zero-order chi connectivity index (χ0) is 19.3. The van der Waals surface area contributed by atoms with Gasteiger partial charge in [0, 0.05) is 31.9 Å². The Labute approximate surface area is 161 Å². The van der Waals surface area contributed by atoms with Crippen molar-refractivity contribution in [3.63, 3.8) is 0 Å². The molecule has 0 bridgehead atoms. The van der Waals surface area contributed by atoms with Crippen LogP contribution in [-0.2, 0) is 4.74 Å². The highest BCUT2D eigenvalue weighted by Gasteiger charge is 2.26. The van der Waals surface area contributed by atoms with E-state index in [1.165, 1.54) is 0 Å². The highest BCUT2D eigenvalue weighted by Crippen LogP contribution is 2.24. The van der Waals surface area contributed by atoms with Gasteiger partial charge in [-0.3, -0.25) is 0 Å². The van der Waals surface area contributed by atoms with Gasteiger partial charge in [-0.25, -0.2) is 4.79 Å². The zero-order valence-corrected chi connectivity index (χ0v) is 16.7. The van der Waals surface area contributed by atoms with Gasteiger partial charge in [0.25, 0.3) is 0 Å². The number of carbonyl (C=O) groups is 1. The van der Waals surface area contributed by atoms with Crippen molar-refractivity contribution in [2.24, 2.45) is 0 Å². The van der Waals surface area contributed by atoms with Crippen LogP contribution in [0.25, 0.3) is 0 Å². The third-order valence-electron chi connectivity index (χ3n) is 4.32. The van der Waals surface area contributed by atoms with Gasteiger partial charge in [0.1, 0.15) is 11.7 Å². The number of aliphatic hydroxyl groups excluding tert-OH is 2. The molecular weight excluding hydrogens is 352 g/mol. The van der Waals surface area contributed by atoms with Crippen molar-refractivity contribution < 1.29 is 19.7 Å². The van der Waals surface area contributed by atoms with E-state index in [4.69, 9.17) is 4.74 Å². The number of hydrogen-bond donors (Lipinski definition) is 3. The Morgan fingerprint density at radius 2 is 1.73 bits per heavy atom. The molecule has 2 rings (SSSR count). The number of nitrogens with zero attached hydrogens (tertiary/aromatic N) is 2. The van der Waals surface area contributed by atoms with Crippen LogP contribution in [0.1, 0.15) is 38.9 Å². The lowest BCUT2D eigenvalue weighted by molar-refractivity contribution is 0.0172. The van der Waals surface area contributed by atoms with Crippen molar-refractivity contribution in [2.45, 2.75) is 45.0 Å². The molecule has 0 aromatic heterocycles. The van der Waals surface area contributed by atoms with Gasteiger partial charge >= 0.3 is 6.09 Å². The van der Waals surface area contributed by atoms with Crippen LogP contribution in [0, 0.1) is 0 Å². The van der Waals surface area contributed by atoms with Gasteiger partial charge < -0.3 is 24.7 Å². The number of hydrogen-bond acceptors (Lipinski definition) is 6. The van der Waals surface area contributed by atoms with Crippen molar-refractivity contribution in [3.8, 4) is 0 Å². The molecule has 26 heavy (non-hydrogen) atoms. The van der Waals surface area contributed by atoms with Crippen LogP contribution in [-0.4, -0.2) is 64.8 Å². The van der Waals surface area contributed by atoms with E-state index in [1.54, 1.807) is 4.90 Å². The summed E-state index contributed by atoms with van der Waals surface area (Å²) in [6.45, 7) is 8.27. The number of aliphatic hydroxyl groups is 2. The highest BCUT2D eigenvalue weighted by molar-refractivity contribution is 7.80. The molecule has 2 N–H and O–H groups in total. The van der Waals surface area contributed by atoms with Crippen molar-refractivity contribution in [1.82, 2.24) is 4.90 Å². The first-order valence-electron chi connectivity index (χ1n) is 9.01. The third kappa shape index (κ3) is 5.79. The van der Waals surface area contributed by atoms with E-state index >= 15 is 0 Å². The number of rotatable bonds is 5. The van der Waals surface area contributed by atoms with Crippen molar-refractivity contribution >= 4 is 24.4 Å². The lowest BCUT2D eigenvalue weighted by atomic mass is 10.0. The number of thiol groups is 1. The minimum atomic E-state index is -0.903. The van der Waals surface area contributed by atoms with E-state index in [9.17, 15) is 15.0 Å². The molecular formula is C19H30N2O4S. The minimum Gasteiger partial charge on any atom is -0.444 e. The van der Waals surface area contributed by atoms with E-state index < -0.39 is 17.8 Å². The predicted octanol–water partition coefficient (Wildman–Crippen LogP) is 2.46. The van der Waals surface area contributed by atoms with Gasteiger partial charge in [0.05, 0.1) is 6.10 Å². The smallest absolute Gasteiger partial charge is 0.410 e. The van der Waals surface area contributed by atoms with Gasteiger partial charge in [-0.2, -0.15) is 12.6 Å². The molecule has 1 aliphatic heterocycles. The SMILES string of the molecule is CC(C)(C)OC(=O)N1CCN(c2ccc(C(O)C(O)CCS)cc2)CC1. The number of carbonyl (C=O) groups excluding carboxylic acids is 1. The second-order valence-electron chi connectivity index (χ2n) is 7.57. The summed E-state index contributed by atoms with van der Waals surface area (Å²) in [6, 6.07) is 7.55. The molecule has 1 aromatic carbocycles. The molecule has 1 heterocycles. The van der Waals surface area contributed by atoms with Crippen LogP contribution in [0.4, 0.5) is 10.5 Å². The Hall–Kier alpha value is -1.44. The summed E-state index contributed by atoms with van der Waals surface area (Å²) >= 11 is 4.08. The summed E-state index contributed by atoms with van der Waals surface area (Å²) in [5.41, 5.74) is 1.24.